The molecule has 2 nitrogen and oxygen atoms in total. The summed E-state index contributed by atoms with van der Waals surface area (Å²) >= 11 is 5.82. The Balaban J connectivity index is 2.45. The van der Waals surface area contributed by atoms with Gasteiger partial charge in [0.05, 0.1) is 0 Å². The van der Waals surface area contributed by atoms with Gasteiger partial charge in [0.25, 0.3) is 0 Å². The molecule has 0 atom stereocenters. The molecule has 0 aliphatic heterocycles. The molecule has 0 saturated heterocycles. The van der Waals surface area contributed by atoms with Gasteiger partial charge >= 0.3 is 0 Å². The van der Waals surface area contributed by atoms with Crippen LogP contribution in [0.2, 0.25) is 5.02 Å². The average Bonchev–Trinajstić information content (AvgIpc) is 2.18. The van der Waals surface area contributed by atoms with Crippen molar-refractivity contribution < 1.29 is 5.11 Å². The van der Waals surface area contributed by atoms with E-state index in [1.807, 2.05) is 0 Å². The molecule has 1 aromatic rings. The number of unbranched alkanes of at least 4 members (excludes halogenated alkanes) is 1. The van der Waals surface area contributed by atoms with Gasteiger partial charge in [-0.1, -0.05) is 24.9 Å². The van der Waals surface area contributed by atoms with Gasteiger partial charge in [-0.25, -0.2) is 0 Å². The number of halogens is 1. The van der Waals surface area contributed by atoms with Crippen molar-refractivity contribution in [2.24, 2.45) is 0 Å². The van der Waals surface area contributed by atoms with E-state index in [4.69, 9.17) is 11.6 Å². The van der Waals surface area contributed by atoms with Crippen LogP contribution in [0.15, 0.2) is 18.2 Å². The normalized spacial score (nSPS) is 10.4. The summed E-state index contributed by atoms with van der Waals surface area (Å²) in [4.78, 5) is 0. The van der Waals surface area contributed by atoms with Gasteiger partial charge in [-0.3, -0.25) is 0 Å². The van der Waals surface area contributed by atoms with E-state index in [-0.39, 0.29) is 0 Å². The van der Waals surface area contributed by atoms with E-state index in [1.165, 1.54) is 6.42 Å². The third kappa shape index (κ3) is 3.56. The van der Waals surface area contributed by atoms with Crippen molar-refractivity contribution in [2.45, 2.75) is 26.3 Å². The molecule has 78 valence electrons. The van der Waals surface area contributed by atoms with Crippen LogP contribution >= 0.6 is 11.6 Å². The highest BCUT2D eigenvalue weighted by molar-refractivity contribution is 6.30. The van der Waals surface area contributed by atoms with E-state index in [1.54, 1.807) is 18.2 Å². The van der Waals surface area contributed by atoms with Crippen molar-refractivity contribution in [2.75, 3.05) is 6.54 Å². The fourth-order valence-corrected chi connectivity index (χ4v) is 1.42. The Labute approximate surface area is 89.9 Å². The van der Waals surface area contributed by atoms with Gasteiger partial charge in [-0.2, -0.15) is 0 Å². The van der Waals surface area contributed by atoms with E-state index in [0.29, 0.717) is 17.3 Å². The highest BCUT2D eigenvalue weighted by Gasteiger charge is 2.00. The quantitative estimate of drug-likeness (QED) is 0.738. The summed E-state index contributed by atoms with van der Waals surface area (Å²) in [5.41, 5.74) is 0.855. The molecule has 0 heterocycles. The third-order valence-corrected chi connectivity index (χ3v) is 2.30. The fraction of sp³-hybridized carbons (Fsp3) is 0.455. The Morgan fingerprint density at radius 1 is 1.43 bits per heavy atom. The molecule has 0 amide bonds. The number of hydrogen-bond acceptors (Lipinski definition) is 2. The highest BCUT2D eigenvalue weighted by Crippen LogP contribution is 2.20. The second kappa shape index (κ2) is 5.89. The van der Waals surface area contributed by atoms with Crippen molar-refractivity contribution in [1.82, 2.24) is 5.32 Å². The molecule has 0 aliphatic carbocycles. The van der Waals surface area contributed by atoms with Crippen molar-refractivity contribution in [3.63, 3.8) is 0 Å². The molecular weight excluding hydrogens is 198 g/mol. The van der Waals surface area contributed by atoms with Crippen LogP contribution < -0.4 is 5.32 Å². The summed E-state index contributed by atoms with van der Waals surface area (Å²) in [5, 5.41) is 13.4. The van der Waals surface area contributed by atoms with E-state index in [0.717, 1.165) is 18.5 Å². The minimum atomic E-state index is 0.304. The lowest BCUT2D eigenvalue weighted by atomic mass is 10.2. The number of hydrogen-bond donors (Lipinski definition) is 2. The fourth-order valence-electron chi connectivity index (χ4n) is 1.22. The standard InChI is InChI=1S/C11H16ClNO/c1-2-3-6-13-8-9-7-10(12)4-5-11(9)14/h4-5,7,13-14H,2-3,6,8H2,1H3. The maximum absolute atomic E-state index is 9.49. The Morgan fingerprint density at radius 2 is 2.21 bits per heavy atom. The lowest BCUT2D eigenvalue weighted by Crippen LogP contribution is -2.14. The van der Waals surface area contributed by atoms with E-state index < -0.39 is 0 Å². The molecule has 1 rings (SSSR count). The van der Waals surface area contributed by atoms with Gasteiger partial charge in [-0.15, -0.1) is 0 Å². The Morgan fingerprint density at radius 3 is 2.93 bits per heavy atom. The predicted octanol–water partition coefficient (Wildman–Crippen LogP) is 2.94. The summed E-state index contributed by atoms with van der Waals surface area (Å²) in [7, 11) is 0. The summed E-state index contributed by atoms with van der Waals surface area (Å²) in [5.74, 6) is 0.304. The maximum Gasteiger partial charge on any atom is 0.120 e. The van der Waals surface area contributed by atoms with Crippen molar-refractivity contribution in [1.29, 1.82) is 0 Å². The summed E-state index contributed by atoms with van der Waals surface area (Å²) in [6.07, 6.45) is 2.33. The lowest BCUT2D eigenvalue weighted by Gasteiger charge is -2.06. The second-order valence-corrected chi connectivity index (χ2v) is 3.74. The van der Waals surface area contributed by atoms with Crippen LogP contribution in [0.25, 0.3) is 0 Å². The highest BCUT2D eigenvalue weighted by atomic mass is 35.5. The Hall–Kier alpha value is -0.730. The molecule has 0 aromatic heterocycles. The van der Waals surface area contributed by atoms with Crippen LogP contribution in [0.5, 0.6) is 5.75 Å². The van der Waals surface area contributed by atoms with Gasteiger partial charge < -0.3 is 10.4 Å². The number of phenols is 1. The van der Waals surface area contributed by atoms with E-state index >= 15 is 0 Å². The first-order valence-corrected chi connectivity index (χ1v) is 5.30. The Bertz CT molecular complexity index is 289. The van der Waals surface area contributed by atoms with Gasteiger partial charge in [0.15, 0.2) is 0 Å². The maximum atomic E-state index is 9.49. The van der Waals surface area contributed by atoms with Crippen LogP contribution in [0.1, 0.15) is 25.3 Å². The van der Waals surface area contributed by atoms with Crippen LogP contribution in [0.3, 0.4) is 0 Å². The first kappa shape index (κ1) is 11.3. The minimum absolute atomic E-state index is 0.304. The number of phenolic OH excluding ortho intramolecular Hbond substituents is 1. The number of aromatic hydroxyl groups is 1. The molecular formula is C11H16ClNO. The van der Waals surface area contributed by atoms with Crippen LogP contribution in [-0.2, 0) is 6.54 Å². The lowest BCUT2D eigenvalue weighted by molar-refractivity contribution is 0.464. The molecule has 0 radical (unpaired) electrons. The summed E-state index contributed by atoms with van der Waals surface area (Å²) in [6, 6.07) is 5.10. The van der Waals surface area contributed by atoms with Crippen molar-refractivity contribution in [3.8, 4) is 5.75 Å². The zero-order chi connectivity index (χ0) is 10.4. The van der Waals surface area contributed by atoms with Crippen LogP contribution in [0, 0.1) is 0 Å². The predicted molar refractivity (Wildman–Crippen MR) is 59.7 cm³/mol. The summed E-state index contributed by atoms with van der Waals surface area (Å²) < 4.78 is 0. The molecule has 0 unspecified atom stereocenters. The number of benzene rings is 1. The van der Waals surface area contributed by atoms with Crippen LogP contribution in [-0.4, -0.2) is 11.7 Å². The first-order chi connectivity index (χ1) is 6.74. The van der Waals surface area contributed by atoms with Gasteiger partial charge in [0.1, 0.15) is 5.75 Å². The second-order valence-electron chi connectivity index (χ2n) is 3.30. The van der Waals surface area contributed by atoms with E-state index in [2.05, 4.69) is 12.2 Å². The topological polar surface area (TPSA) is 32.3 Å². The number of rotatable bonds is 5. The van der Waals surface area contributed by atoms with Gasteiger partial charge in [-0.05, 0) is 31.2 Å². The van der Waals surface area contributed by atoms with Gasteiger partial charge in [0.2, 0.25) is 0 Å². The molecule has 0 aliphatic rings. The smallest absolute Gasteiger partial charge is 0.120 e. The third-order valence-electron chi connectivity index (χ3n) is 2.06. The number of nitrogens with one attached hydrogen (secondary N) is 1. The Kier molecular flexibility index (Phi) is 4.77. The molecule has 2 N–H and O–H groups in total. The zero-order valence-corrected chi connectivity index (χ0v) is 9.14. The van der Waals surface area contributed by atoms with Crippen molar-refractivity contribution >= 4 is 11.6 Å². The largest absolute Gasteiger partial charge is 0.508 e. The van der Waals surface area contributed by atoms with Gasteiger partial charge in [0, 0.05) is 17.1 Å². The van der Waals surface area contributed by atoms with E-state index in [9.17, 15) is 5.11 Å². The summed E-state index contributed by atoms with van der Waals surface area (Å²) in [6.45, 7) is 3.80. The van der Waals surface area contributed by atoms with Crippen LogP contribution in [0.4, 0.5) is 0 Å². The molecule has 1 aromatic carbocycles. The first-order valence-electron chi connectivity index (χ1n) is 4.92. The molecule has 0 bridgehead atoms. The monoisotopic (exact) mass is 213 g/mol. The van der Waals surface area contributed by atoms with Crippen molar-refractivity contribution in [3.05, 3.63) is 28.8 Å². The zero-order valence-electron chi connectivity index (χ0n) is 8.39. The molecule has 14 heavy (non-hydrogen) atoms. The molecule has 3 heteroatoms. The molecule has 0 spiro atoms. The average molecular weight is 214 g/mol. The SMILES string of the molecule is CCCCNCc1cc(Cl)ccc1O. The minimum Gasteiger partial charge on any atom is -0.508 e. The molecule has 0 fully saturated rings. The molecule has 0 saturated carbocycles.